The Morgan fingerprint density at radius 1 is 0.838 bits per heavy atom. The number of thioether (sulfide) groups is 1. The summed E-state index contributed by atoms with van der Waals surface area (Å²) in [5.74, 6) is 1.36. The van der Waals surface area contributed by atoms with Crippen LogP contribution in [0, 0.1) is 34.1 Å². The number of benzene rings is 2. The Morgan fingerprint density at radius 3 is 1.41 bits per heavy atom. The van der Waals surface area contributed by atoms with Crippen LogP contribution in [0.15, 0.2) is 58.3 Å². The standard InChI is InChI=1S/C18H21NO8S2.C4H7NO2S/c1-14-4-8-16(9-5-14)28(22,23)26-12-18(3,19(20)21)13-27-29(24,25)17-10-6-15(2)7-11-17;1-4(5(6)7)2-8-3-4/h4-11H,12-13H2,1-3H3;2-3H2,1H3. The lowest BCUT2D eigenvalue weighted by Crippen LogP contribution is -2.47. The summed E-state index contributed by atoms with van der Waals surface area (Å²) in [5, 5.41) is 21.6. The Balaban J connectivity index is 0.000000510. The number of nitrogens with zero attached hydrogens (tertiary/aromatic N) is 2. The minimum absolute atomic E-state index is 0.165. The maximum atomic E-state index is 12.3. The van der Waals surface area contributed by atoms with Crippen molar-refractivity contribution in [1.29, 1.82) is 0 Å². The fourth-order valence-electron chi connectivity index (χ4n) is 2.60. The quantitative estimate of drug-likeness (QED) is 0.231. The van der Waals surface area contributed by atoms with Gasteiger partial charge in [0, 0.05) is 23.7 Å². The number of nitro groups is 2. The summed E-state index contributed by atoms with van der Waals surface area (Å²) in [6, 6.07) is 11.5. The molecular weight excluding hydrogens is 548 g/mol. The number of aryl methyl sites for hydroxylation is 2. The van der Waals surface area contributed by atoms with Gasteiger partial charge in [0.1, 0.15) is 13.2 Å². The van der Waals surface area contributed by atoms with E-state index in [-0.39, 0.29) is 14.7 Å². The molecule has 3 rings (SSSR count). The van der Waals surface area contributed by atoms with E-state index in [1.54, 1.807) is 56.8 Å². The van der Waals surface area contributed by atoms with Crippen LogP contribution < -0.4 is 0 Å². The van der Waals surface area contributed by atoms with Crippen LogP contribution in [0.25, 0.3) is 0 Å². The summed E-state index contributed by atoms with van der Waals surface area (Å²) in [7, 11) is -8.53. The molecule has 2 aromatic carbocycles. The first-order chi connectivity index (χ1) is 17.0. The topological polar surface area (TPSA) is 173 Å². The molecule has 0 N–H and O–H groups in total. The van der Waals surface area contributed by atoms with E-state index < -0.39 is 49.5 Å². The molecule has 0 unspecified atom stereocenters. The molecule has 204 valence electrons. The molecule has 0 spiro atoms. The van der Waals surface area contributed by atoms with Gasteiger partial charge in [0.15, 0.2) is 0 Å². The average molecular weight is 577 g/mol. The minimum Gasteiger partial charge on any atom is -0.264 e. The van der Waals surface area contributed by atoms with Crippen LogP contribution in [0.2, 0.25) is 0 Å². The summed E-state index contributed by atoms with van der Waals surface area (Å²) in [6.07, 6.45) is 0. The van der Waals surface area contributed by atoms with Crippen LogP contribution in [0.1, 0.15) is 25.0 Å². The monoisotopic (exact) mass is 576 g/mol. The van der Waals surface area contributed by atoms with E-state index >= 15 is 0 Å². The molecule has 0 saturated carbocycles. The van der Waals surface area contributed by atoms with Crippen molar-refractivity contribution in [3.8, 4) is 0 Å². The zero-order chi connectivity index (χ0) is 28.1. The van der Waals surface area contributed by atoms with Crippen molar-refractivity contribution in [1.82, 2.24) is 0 Å². The Hall–Kier alpha value is -2.59. The summed E-state index contributed by atoms with van der Waals surface area (Å²) in [4.78, 5) is 20.2. The van der Waals surface area contributed by atoms with Crippen molar-refractivity contribution >= 4 is 32.0 Å². The molecular formula is C22H28N2O10S3. The Bertz CT molecular complexity index is 1240. The summed E-state index contributed by atoms with van der Waals surface area (Å²) >= 11 is 1.63. The summed E-state index contributed by atoms with van der Waals surface area (Å²) in [5.41, 5.74) is -1.05. The molecule has 2 aromatic rings. The van der Waals surface area contributed by atoms with Gasteiger partial charge in [-0.3, -0.25) is 28.6 Å². The van der Waals surface area contributed by atoms with Crippen LogP contribution in [0.5, 0.6) is 0 Å². The fourth-order valence-corrected chi connectivity index (χ4v) is 5.64. The van der Waals surface area contributed by atoms with E-state index in [4.69, 9.17) is 8.37 Å². The zero-order valence-electron chi connectivity index (χ0n) is 20.6. The fraction of sp³-hybridized carbons (Fsp3) is 0.455. The van der Waals surface area contributed by atoms with E-state index in [0.29, 0.717) is 11.5 Å². The SMILES string of the molecule is CC1([N+](=O)[O-])CSC1.Cc1ccc(S(=O)(=O)OCC(C)(COS(=O)(=O)c2ccc(C)cc2)[N+](=O)[O-])cc1. The van der Waals surface area contributed by atoms with E-state index in [2.05, 4.69) is 0 Å². The van der Waals surface area contributed by atoms with Crippen molar-refractivity contribution in [2.75, 3.05) is 24.7 Å². The molecule has 1 heterocycles. The predicted octanol–water partition coefficient (Wildman–Crippen LogP) is 3.22. The number of hydrogen-bond donors (Lipinski definition) is 0. The van der Waals surface area contributed by atoms with E-state index in [1.165, 1.54) is 24.3 Å². The molecule has 0 aromatic heterocycles. The molecule has 0 bridgehead atoms. The third-order valence-electron chi connectivity index (χ3n) is 5.38. The smallest absolute Gasteiger partial charge is 0.264 e. The number of hydrogen-bond acceptors (Lipinski definition) is 11. The Labute approximate surface area is 219 Å². The first-order valence-electron chi connectivity index (χ1n) is 10.8. The molecule has 0 atom stereocenters. The molecule has 0 amide bonds. The van der Waals surface area contributed by atoms with Gasteiger partial charge in [-0.1, -0.05) is 35.4 Å². The van der Waals surface area contributed by atoms with E-state index in [1.807, 2.05) is 0 Å². The highest BCUT2D eigenvalue weighted by Gasteiger charge is 2.44. The van der Waals surface area contributed by atoms with Crippen LogP contribution >= 0.6 is 11.8 Å². The highest BCUT2D eigenvalue weighted by Crippen LogP contribution is 2.31. The molecule has 1 aliphatic rings. The van der Waals surface area contributed by atoms with Gasteiger partial charge in [0.25, 0.3) is 25.8 Å². The van der Waals surface area contributed by atoms with Gasteiger partial charge in [-0.15, -0.1) is 11.8 Å². The highest BCUT2D eigenvalue weighted by molar-refractivity contribution is 8.00. The Kier molecular flexibility index (Phi) is 9.81. The third-order valence-corrected chi connectivity index (χ3v) is 9.58. The van der Waals surface area contributed by atoms with Crippen LogP contribution in [-0.4, -0.2) is 62.5 Å². The number of rotatable bonds is 10. The van der Waals surface area contributed by atoms with Gasteiger partial charge in [-0.05, 0) is 38.1 Å². The van der Waals surface area contributed by atoms with Crippen molar-refractivity contribution in [2.45, 2.75) is 48.6 Å². The molecule has 12 nitrogen and oxygen atoms in total. The molecule has 15 heteroatoms. The van der Waals surface area contributed by atoms with Gasteiger partial charge in [0.05, 0.1) is 21.3 Å². The molecule has 37 heavy (non-hydrogen) atoms. The van der Waals surface area contributed by atoms with Gasteiger partial charge < -0.3 is 0 Å². The van der Waals surface area contributed by atoms with Crippen LogP contribution in [0.4, 0.5) is 0 Å². The predicted molar refractivity (Wildman–Crippen MR) is 137 cm³/mol. The molecule has 0 radical (unpaired) electrons. The van der Waals surface area contributed by atoms with Gasteiger partial charge in [0.2, 0.25) is 5.54 Å². The summed E-state index contributed by atoms with van der Waals surface area (Å²) < 4.78 is 58.7. The molecule has 1 fully saturated rings. The van der Waals surface area contributed by atoms with Gasteiger partial charge in [-0.2, -0.15) is 16.8 Å². The highest BCUT2D eigenvalue weighted by atomic mass is 32.2. The lowest BCUT2D eigenvalue weighted by molar-refractivity contribution is -0.569. The maximum Gasteiger partial charge on any atom is 0.297 e. The molecule has 1 aliphatic heterocycles. The van der Waals surface area contributed by atoms with Gasteiger partial charge in [-0.25, -0.2) is 0 Å². The second kappa shape index (κ2) is 11.9. The van der Waals surface area contributed by atoms with Crippen molar-refractivity contribution in [3.63, 3.8) is 0 Å². The average Bonchev–Trinajstić information content (AvgIpc) is 2.81. The van der Waals surface area contributed by atoms with Crippen LogP contribution in [-0.2, 0) is 28.6 Å². The normalized spacial score (nSPS) is 15.1. The third kappa shape index (κ3) is 8.20. The lowest BCUT2D eigenvalue weighted by Gasteiger charge is -2.27. The maximum absolute atomic E-state index is 12.3. The lowest BCUT2D eigenvalue weighted by atomic mass is 10.1. The zero-order valence-corrected chi connectivity index (χ0v) is 23.1. The van der Waals surface area contributed by atoms with Crippen molar-refractivity contribution in [3.05, 3.63) is 79.9 Å². The molecule has 0 aliphatic carbocycles. The first kappa shape index (κ1) is 30.6. The second-order valence-corrected chi connectivity index (χ2v) is 13.3. The van der Waals surface area contributed by atoms with Crippen LogP contribution in [0.3, 0.4) is 0 Å². The van der Waals surface area contributed by atoms with Crippen molar-refractivity contribution < 1.29 is 35.0 Å². The van der Waals surface area contributed by atoms with E-state index in [0.717, 1.165) is 18.1 Å². The Morgan fingerprint density at radius 2 is 1.19 bits per heavy atom. The van der Waals surface area contributed by atoms with Gasteiger partial charge >= 0.3 is 0 Å². The summed E-state index contributed by atoms with van der Waals surface area (Å²) in [6.45, 7) is 4.46. The minimum atomic E-state index is -4.26. The second-order valence-electron chi connectivity index (χ2n) is 9.06. The van der Waals surface area contributed by atoms with Crippen molar-refractivity contribution in [2.24, 2.45) is 0 Å². The van der Waals surface area contributed by atoms with E-state index in [9.17, 15) is 37.1 Å². The molecule has 1 saturated heterocycles. The largest absolute Gasteiger partial charge is 0.297 e. The first-order valence-corrected chi connectivity index (χ1v) is 14.8.